The Morgan fingerprint density at radius 2 is 1.76 bits per heavy atom. The number of hydrazine groups is 1. The van der Waals surface area contributed by atoms with Gasteiger partial charge in [-0.05, 0) is 58.5 Å². The van der Waals surface area contributed by atoms with Gasteiger partial charge in [-0.3, -0.25) is 20.4 Å². The Bertz CT molecular complexity index is 1020. The number of benzene rings is 2. The van der Waals surface area contributed by atoms with Crippen LogP contribution in [0.1, 0.15) is 15.9 Å². The molecule has 0 atom stereocenters. The van der Waals surface area contributed by atoms with Gasteiger partial charge in [0.25, 0.3) is 11.8 Å². The molecule has 0 bridgehead atoms. The Morgan fingerprint density at radius 1 is 1.00 bits per heavy atom. The van der Waals surface area contributed by atoms with Gasteiger partial charge in [0.15, 0.2) is 11.5 Å². The molecule has 0 unspecified atom stereocenters. The first-order chi connectivity index (χ1) is 14.1. The third kappa shape index (κ3) is 4.95. The first-order valence-electron chi connectivity index (χ1n) is 8.44. The van der Waals surface area contributed by atoms with E-state index in [2.05, 4.69) is 26.4 Å². The van der Waals surface area contributed by atoms with Crippen LogP contribution >= 0.6 is 0 Å². The van der Waals surface area contributed by atoms with Crippen molar-refractivity contribution in [2.45, 2.75) is 0 Å². The van der Waals surface area contributed by atoms with E-state index in [1.54, 1.807) is 55.7 Å². The maximum Gasteiger partial charge on any atom is 0.269 e. The van der Waals surface area contributed by atoms with E-state index in [4.69, 9.17) is 9.47 Å². The van der Waals surface area contributed by atoms with Crippen molar-refractivity contribution in [3.05, 3.63) is 66.0 Å². The van der Waals surface area contributed by atoms with Crippen LogP contribution < -0.4 is 20.3 Å². The van der Waals surface area contributed by atoms with E-state index in [0.29, 0.717) is 22.7 Å². The minimum absolute atomic E-state index is 0.367. The third-order valence-electron chi connectivity index (χ3n) is 3.88. The summed E-state index contributed by atoms with van der Waals surface area (Å²) in [7, 11) is 3.08. The van der Waals surface area contributed by atoms with Gasteiger partial charge in [0.05, 0.1) is 19.9 Å². The van der Waals surface area contributed by atoms with Crippen LogP contribution in [0.25, 0.3) is 11.8 Å². The number of methoxy groups -OCH3 is 2. The topological polar surface area (TPSA) is 120 Å². The van der Waals surface area contributed by atoms with Gasteiger partial charge in [0, 0.05) is 11.6 Å². The van der Waals surface area contributed by atoms with Crippen molar-refractivity contribution in [3.8, 4) is 17.2 Å². The zero-order chi connectivity index (χ0) is 20.6. The molecule has 0 aliphatic heterocycles. The highest BCUT2D eigenvalue weighted by atomic mass is 16.5. The minimum atomic E-state index is -0.488. The highest BCUT2D eigenvalue weighted by Crippen LogP contribution is 2.27. The molecule has 0 aliphatic rings. The average molecular weight is 394 g/mol. The molecule has 0 fully saturated rings. The lowest BCUT2D eigenvalue weighted by Crippen LogP contribution is -2.40. The zero-order valence-electron chi connectivity index (χ0n) is 15.7. The van der Waals surface area contributed by atoms with Crippen LogP contribution in [0.15, 0.2) is 54.9 Å². The van der Waals surface area contributed by atoms with E-state index in [-0.39, 0.29) is 0 Å². The van der Waals surface area contributed by atoms with E-state index in [0.717, 1.165) is 5.56 Å². The summed E-state index contributed by atoms with van der Waals surface area (Å²) >= 11 is 0. The second-order valence-corrected chi connectivity index (χ2v) is 5.69. The fourth-order valence-corrected chi connectivity index (χ4v) is 2.41. The summed E-state index contributed by atoms with van der Waals surface area (Å²) in [5.41, 5.74) is 6.48. The summed E-state index contributed by atoms with van der Waals surface area (Å²) in [4.78, 5) is 24.1. The van der Waals surface area contributed by atoms with Crippen molar-refractivity contribution in [2.24, 2.45) is 0 Å². The van der Waals surface area contributed by atoms with E-state index in [1.165, 1.54) is 24.2 Å². The lowest BCUT2D eigenvalue weighted by atomic mass is 10.2. The molecule has 0 saturated heterocycles. The zero-order valence-corrected chi connectivity index (χ0v) is 15.7. The number of nitrogens with one attached hydrogen (secondary N) is 2. The van der Waals surface area contributed by atoms with Gasteiger partial charge in [0.2, 0.25) is 0 Å². The smallest absolute Gasteiger partial charge is 0.269 e. The van der Waals surface area contributed by atoms with E-state index < -0.39 is 11.8 Å². The van der Waals surface area contributed by atoms with E-state index in [9.17, 15) is 9.59 Å². The monoisotopic (exact) mass is 394 g/mol. The van der Waals surface area contributed by atoms with Crippen molar-refractivity contribution in [2.75, 3.05) is 14.2 Å². The summed E-state index contributed by atoms with van der Waals surface area (Å²) in [5, 5.41) is 10.9. The summed E-state index contributed by atoms with van der Waals surface area (Å²) in [6.07, 6.45) is 4.33. The summed E-state index contributed by atoms with van der Waals surface area (Å²) < 4.78 is 11.8. The molecule has 10 heteroatoms. The van der Waals surface area contributed by atoms with Crippen LogP contribution in [0, 0.1) is 0 Å². The van der Waals surface area contributed by atoms with Gasteiger partial charge in [-0.2, -0.15) is 0 Å². The first-order valence-corrected chi connectivity index (χ1v) is 8.44. The molecular formula is C19H18N6O4. The molecule has 2 N–H and O–H groups in total. The molecule has 29 heavy (non-hydrogen) atoms. The van der Waals surface area contributed by atoms with Crippen molar-refractivity contribution in [1.29, 1.82) is 0 Å². The Balaban J connectivity index is 1.55. The van der Waals surface area contributed by atoms with Crippen LogP contribution in [0.2, 0.25) is 0 Å². The standard InChI is InChI=1S/C19H18N6O4/c1-28-16-9-3-13(11-17(16)29-2)4-10-18(26)21-22-19(27)14-5-7-15(8-6-14)25-12-20-23-24-25/h3-12H,1-2H3,(H,21,26)(H,22,27)/b10-4+. The van der Waals surface area contributed by atoms with Crippen molar-refractivity contribution in [3.63, 3.8) is 0 Å². The molecule has 148 valence electrons. The predicted molar refractivity (Wildman–Crippen MR) is 103 cm³/mol. The van der Waals surface area contributed by atoms with E-state index >= 15 is 0 Å². The molecule has 0 aliphatic carbocycles. The van der Waals surface area contributed by atoms with Crippen LogP contribution in [0.3, 0.4) is 0 Å². The van der Waals surface area contributed by atoms with Crippen LogP contribution in [-0.2, 0) is 4.79 Å². The molecule has 2 aromatic carbocycles. The van der Waals surface area contributed by atoms with Gasteiger partial charge in [-0.1, -0.05) is 6.07 Å². The summed E-state index contributed by atoms with van der Waals surface area (Å²) in [6.45, 7) is 0. The van der Waals surface area contributed by atoms with Crippen LogP contribution in [0.4, 0.5) is 0 Å². The molecule has 0 radical (unpaired) electrons. The molecular weight excluding hydrogens is 376 g/mol. The van der Waals surface area contributed by atoms with E-state index in [1.807, 2.05) is 0 Å². The molecule has 2 amide bonds. The highest BCUT2D eigenvalue weighted by molar-refractivity contribution is 5.98. The first kappa shape index (κ1) is 19.5. The lowest BCUT2D eigenvalue weighted by Gasteiger charge is -2.08. The number of hydrogen-bond acceptors (Lipinski definition) is 7. The Labute approximate surface area is 166 Å². The number of carbonyl (C=O) groups is 2. The third-order valence-corrected chi connectivity index (χ3v) is 3.88. The SMILES string of the molecule is COc1ccc(/C=C/C(=O)NNC(=O)c2ccc(-n3cnnn3)cc2)cc1OC. The molecule has 0 saturated carbocycles. The number of nitrogens with zero attached hydrogens (tertiary/aromatic N) is 4. The minimum Gasteiger partial charge on any atom is -0.493 e. The number of amides is 2. The number of carbonyl (C=O) groups excluding carboxylic acids is 2. The maximum absolute atomic E-state index is 12.1. The van der Waals surface area contributed by atoms with Gasteiger partial charge in [0.1, 0.15) is 6.33 Å². The van der Waals surface area contributed by atoms with Gasteiger partial charge < -0.3 is 9.47 Å². The average Bonchev–Trinajstić information content (AvgIpc) is 3.30. The fraction of sp³-hybridized carbons (Fsp3) is 0.105. The maximum atomic E-state index is 12.1. The second kappa shape index (κ2) is 9.13. The molecule has 1 aromatic heterocycles. The van der Waals surface area contributed by atoms with Gasteiger partial charge >= 0.3 is 0 Å². The van der Waals surface area contributed by atoms with Crippen LogP contribution in [-0.4, -0.2) is 46.2 Å². The second-order valence-electron chi connectivity index (χ2n) is 5.69. The quantitative estimate of drug-likeness (QED) is 0.475. The molecule has 1 heterocycles. The van der Waals surface area contributed by atoms with Gasteiger partial charge in [-0.25, -0.2) is 4.68 Å². The van der Waals surface area contributed by atoms with Gasteiger partial charge in [-0.15, -0.1) is 5.10 Å². The summed E-state index contributed by atoms with van der Waals surface area (Å²) in [5.74, 6) is 0.195. The number of ether oxygens (including phenoxy) is 2. The number of aromatic nitrogens is 4. The fourth-order valence-electron chi connectivity index (χ4n) is 2.41. The largest absolute Gasteiger partial charge is 0.493 e. The summed E-state index contributed by atoms with van der Waals surface area (Å²) in [6, 6.07) is 11.8. The molecule has 10 nitrogen and oxygen atoms in total. The Morgan fingerprint density at radius 3 is 2.41 bits per heavy atom. The number of tetrazole rings is 1. The predicted octanol–water partition coefficient (Wildman–Crippen LogP) is 1.15. The Kier molecular flexibility index (Phi) is 6.15. The van der Waals surface area contributed by atoms with Crippen molar-refractivity contribution < 1.29 is 19.1 Å². The number of rotatable bonds is 6. The molecule has 3 aromatic rings. The van der Waals surface area contributed by atoms with Crippen molar-refractivity contribution in [1.82, 2.24) is 31.1 Å². The van der Waals surface area contributed by atoms with Crippen LogP contribution in [0.5, 0.6) is 11.5 Å². The Hall–Kier alpha value is -4.21. The highest BCUT2D eigenvalue weighted by Gasteiger charge is 2.07. The lowest BCUT2D eigenvalue weighted by molar-refractivity contribution is -0.117. The normalized spacial score (nSPS) is 10.6. The van der Waals surface area contributed by atoms with Crippen molar-refractivity contribution >= 4 is 17.9 Å². The molecule has 0 spiro atoms. The number of hydrogen-bond donors (Lipinski definition) is 2. The molecule has 3 rings (SSSR count).